The SMILES string of the molecule is Cc1cccc(NS(=O)(=O)c2cn(Cc3ccccc3)nc2-c2cccs2)c1. The third kappa shape index (κ3) is 4.00. The largest absolute Gasteiger partial charge is 0.280 e. The molecule has 0 radical (unpaired) electrons. The van der Waals surface area contributed by atoms with Gasteiger partial charge in [-0.25, -0.2) is 8.42 Å². The van der Waals surface area contributed by atoms with Crippen molar-refractivity contribution in [3.05, 3.63) is 89.4 Å². The summed E-state index contributed by atoms with van der Waals surface area (Å²) in [5, 5.41) is 6.49. The molecule has 0 unspecified atom stereocenters. The molecule has 7 heteroatoms. The summed E-state index contributed by atoms with van der Waals surface area (Å²) in [5.74, 6) is 0. The highest BCUT2D eigenvalue weighted by Crippen LogP contribution is 2.31. The van der Waals surface area contributed by atoms with Gasteiger partial charge < -0.3 is 0 Å². The highest BCUT2D eigenvalue weighted by Gasteiger charge is 2.24. The van der Waals surface area contributed by atoms with E-state index in [1.54, 1.807) is 23.0 Å². The quantitative estimate of drug-likeness (QED) is 0.499. The molecule has 0 saturated heterocycles. The van der Waals surface area contributed by atoms with E-state index in [2.05, 4.69) is 9.82 Å². The van der Waals surface area contributed by atoms with Crippen LogP contribution < -0.4 is 4.72 Å². The van der Waals surface area contributed by atoms with Crippen molar-refractivity contribution in [3.63, 3.8) is 0 Å². The molecule has 1 N–H and O–H groups in total. The van der Waals surface area contributed by atoms with Gasteiger partial charge >= 0.3 is 0 Å². The van der Waals surface area contributed by atoms with Crippen molar-refractivity contribution in [2.24, 2.45) is 0 Å². The predicted molar refractivity (Wildman–Crippen MR) is 113 cm³/mol. The van der Waals surface area contributed by atoms with Gasteiger partial charge in [0, 0.05) is 11.9 Å². The molecule has 0 atom stereocenters. The fourth-order valence-corrected chi connectivity index (χ4v) is 4.95. The van der Waals surface area contributed by atoms with Gasteiger partial charge in [0.15, 0.2) is 0 Å². The van der Waals surface area contributed by atoms with Gasteiger partial charge in [0.25, 0.3) is 10.0 Å². The first-order valence-electron chi connectivity index (χ1n) is 8.76. The van der Waals surface area contributed by atoms with Gasteiger partial charge in [0.1, 0.15) is 10.6 Å². The van der Waals surface area contributed by atoms with E-state index >= 15 is 0 Å². The highest BCUT2D eigenvalue weighted by molar-refractivity contribution is 7.92. The van der Waals surface area contributed by atoms with E-state index in [-0.39, 0.29) is 4.90 Å². The van der Waals surface area contributed by atoms with Crippen molar-refractivity contribution in [1.82, 2.24) is 9.78 Å². The monoisotopic (exact) mass is 409 g/mol. The number of anilines is 1. The van der Waals surface area contributed by atoms with Gasteiger partial charge in [-0.15, -0.1) is 11.3 Å². The molecular weight excluding hydrogens is 390 g/mol. The number of nitrogens with one attached hydrogen (secondary N) is 1. The molecule has 0 aliphatic rings. The molecule has 0 saturated carbocycles. The Hall–Kier alpha value is -2.90. The third-order valence-electron chi connectivity index (χ3n) is 4.23. The molecule has 0 amide bonds. The predicted octanol–water partition coefficient (Wildman–Crippen LogP) is 4.77. The molecule has 0 aliphatic heterocycles. The van der Waals surface area contributed by atoms with Crippen molar-refractivity contribution in [2.75, 3.05) is 4.72 Å². The smallest absolute Gasteiger partial charge is 0.265 e. The molecule has 2 aromatic carbocycles. The van der Waals surface area contributed by atoms with Gasteiger partial charge in [-0.2, -0.15) is 5.10 Å². The number of rotatable bonds is 6. The Bertz CT molecular complexity index is 1180. The number of aromatic nitrogens is 2. The number of nitrogens with zero attached hydrogens (tertiary/aromatic N) is 2. The molecule has 2 aromatic heterocycles. The van der Waals surface area contributed by atoms with E-state index in [1.807, 2.05) is 66.9 Å². The van der Waals surface area contributed by atoms with E-state index < -0.39 is 10.0 Å². The number of hydrogen-bond acceptors (Lipinski definition) is 4. The molecule has 2 heterocycles. The lowest BCUT2D eigenvalue weighted by Gasteiger charge is -2.08. The minimum absolute atomic E-state index is 0.174. The Kier molecular flexibility index (Phi) is 5.02. The molecule has 0 fully saturated rings. The second-order valence-electron chi connectivity index (χ2n) is 6.48. The van der Waals surface area contributed by atoms with E-state index in [9.17, 15) is 8.42 Å². The van der Waals surface area contributed by atoms with Crippen LogP contribution in [0.2, 0.25) is 0 Å². The van der Waals surface area contributed by atoms with E-state index in [0.29, 0.717) is 17.9 Å². The molecule has 5 nitrogen and oxygen atoms in total. The number of sulfonamides is 1. The molecule has 0 aliphatic carbocycles. The second-order valence-corrected chi connectivity index (χ2v) is 9.08. The molecular formula is C21H19N3O2S2. The summed E-state index contributed by atoms with van der Waals surface area (Å²) in [6.07, 6.45) is 1.60. The average molecular weight is 410 g/mol. The summed E-state index contributed by atoms with van der Waals surface area (Å²) in [5.41, 5.74) is 3.04. The summed E-state index contributed by atoms with van der Waals surface area (Å²) in [4.78, 5) is 0.990. The van der Waals surface area contributed by atoms with Gasteiger partial charge in [0.2, 0.25) is 0 Å². The first-order chi connectivity index (χ1) is 13.5. The van der Waals surface area contributed by atoms with Crippen LogP contribution >= 0.6 is 11.3 Å². The van der Waals surface area contributed by atoms with Crippen LogP contribution in [0.1, 0.15) is 11.1 Å². The zero-order valence-electron chi connectivity index (χ0n) is 15.2. The summed E-state index contributed by atoms with van der Waals surface area (Å²) in [6, 6.07) is 20.9. The highest BCUT2D eigenvalue weighted by atomic mass is 32.2. The average Bonchev–Trinajstić information content (AvgIpc) is 3.32. The molecule has 142 valence electrons. The maximum atomic E-state index is 13.1. The zero-order valence-corrected chi connectivity index (χ0v) is 16.9. The fourth-order valence-electron chi connectivity index (χ4n) is 2.95. The first-order valence-corrected chi connectivity index (χ1v) is 11.1. The van der Waals surface area contributed by atoms with Crippen molar-refractivity contribution < 1.29 is 8.42 Å². The Morgan fingerprint density at radius 1 is 1.04 bits per heavy atom. The van der Waals surface area contributed by atoms with Crippen molar-refractivity contribution in [2.45, 2.75) is 18.4 Å². The maximum absolute atomic E-state index is 13.1. The number of aryl methyl sites for hydroxylation is 1. The van der Waals surface area contributed by atoms with Crippen molar-refractivity contribution in [1.29, 1.82) is 0 Å². The van der Waals surface area contributed by atoms with Gasteiger partial charge in [-0.1, -0.05) is 48.5 Å². The van der Waals surface area contributed by atoms with E-state index in [4.69, 9.17) is 0 Å². The van der Waals surface area contributed by atoms with Crippen LogP contribution in [0.25, 0.3) is 10.6 Å². The van der Waals surface area contributed by atoms with Crippen LogP contribution in [-0.2, 0) is 16.6 Å². The fraction of sp³-hybridized carbons (Fsp3) is 0.0952. The van der Waals surface area contributed by atoms with Crippen LogP contribution in [0.3, 0.4) is 0 Å². The Morgan fingerprint density at radius 3 is 2.57 bits per heavy atom. The molecule has 0 spiro atoms. The first kappa shape index (κ1) is 18.5. The number of hydrogen-bond donors (Lipinski definition) is 1. The summed E-state index contributed by atoms with van der Waals surface area (Å²) in [6.45, 7) is 2.42. The minimum atomic E-state index is -3.78. The van der Waals surface area contributed by atoms with Crippen LogP contribution in [0.4, 0.5) is 5.69 Å². The van der Waals surface area contributed by atoms with Gasteiger partial charge in [-0.3, -0.25) is 9.40 Å². The van der Waals surface area contributed by atoms with Crippen LogP contribution in [0.15, 0.2) is 83.2 Å². The van der Waals surface area contributed by atoms with Crippen molar-refractivity contribution in [3.8, 4) is 10.6 Å². The summed E-state index contributed by atoms with van der Waals surface area (Å²) in [7, 11) is -3.78. The topological polar surface area (TPSA) is 64.0 Å². The van der Waals surface area contributed by atoms with E-state index in [1.165, 1.54) is 11.3 Å². The lowest BCUT2D eigenvalue weighted by Crippen LogP contribution is -2.13. The summed E-state index contributed by atoms with van der Waals surface area (Å²) >= 11 is 1.47. The van der Waals surface area contributed by atoms with Gasteiger partial charge in [0.05, 0.1) is 11.4 Å². The normalized spacial score (nSPS) is 11.5. The van der Waals surface area contributed by atoms with Crippen LogP contribution in [-0.4, -0.2) is 18.2 Å². The van der Waals surface area contributed by atoms with Crippen LogP contribution in [0, 0.1) is 6.92 Å². The Labute approximate surface area is 168 Å². The number of thiophene rings is 1. The molecule has 28 heavy (non-hydrogen) atoms. The molecule has 4 aromatic rings. The maximum Gasteiger partial charge on any atom is 0.265 e. The minimum Gasteiger partial charge on any atom is -0.280 e. The van der Waals surface area contributed by atoms with E-state index in [0.717, 1.165) is 16.0 Å². The standard InChI is InChI=1S/C21H19N3O2S2/c1-16-7-5-10-18(13-16)23-28(25,26)20-15-24(14-17-8-3-2-4-9-17)22-21(20)19-11-6-12-27-19/h2-13,15,23H,14H2,1H3. The Morgan fingerprint density at radius 2 is 1.86 bits per heavy atom. The zero-order chi connectivity index (χ0) is 19.6. The second kappa shape index (κ2) is 7.61. The van der Waals surface area contributed by atoms with Crippen LogP contribution in [0.5, 0.6) is 0 Å². The lowest BCUT2D eigenvalue weighted by molar-refractivity contribution is 0.601. The lowest BCUT2D eigenvalue weighted by atomic mass is 10.2. The number of benzene rings is 2. The van der Waals surface area contributed by atoms with Crippen molar-refractivity contribution >= 4 is 27.0 Å². The van der Waals surface area contributed by atoms with Gasteiger partial charge in [-0.05, 0) is 41.6 Å². The molecule has 0 bridgehead atoms. The Balaban J connectivity index is 1.74. The summed E-state index contributed by atoms with van der Waals surface area (Å²) < 4.78 is 30.6. The third-order valence-corrected chi connectivity index (χ3v) is 6.49. The molecule has 4 rings (SSSR count).